The molecule has 8 heteroatoms. The Hall–Kier alpha value is -3.26. The van der Waals surface area contributed by atoms with Gasteiger partial charge in [0, 0.05) is 17.3 Å². The molecule has 2 N–H and O–H groups in total. The SMILES string of the molecule is O=C(NC1(c2ccc(-c3cnc(C(F)(F)F)cc3CO)cc2)CC1)c1ccc(F)cc1. The largest absolute Gasteiger partial charge is 0.433 e. The lowest BCUT2D eigenvalue weighted by Crippen LogP contribution is -2.34. The number of nitrogens with zero attached hydrogens (tertiary/aromatic N) is 1. The lowest BCUT2D eigenvalue weighted by atomic mass is 9.97. The number of amides is 1. The number of hydrogen-bond donors (Lipinski definition) is 2. The molecule has 0 aliphatic heterocycles. The van der Waals surface area contributed by atoms with Crippen molar-refractivity contribution in [2.75, 3.05) is 0 Å². The van der Waals surface area contributed by atoms with E-state index in [2.05, 4.69) is 10.3 Å². The zero-order chi connectivity index (χ0) is 22.2. The topological polar surface area (TPSA) is 62.2 Å². The number of carbonyl (C=O) groups is 1. The Balaban J connectivity index is 1.56. The van der Waals surface area contributed by atoms with E-state index in [1.807, 2.05) is 0 Å². The summed E-state index contributed by atoms with van der Waals surface area (Å²) in [5.41, 5.74) is 0.766. The summed E-state index contributed by atoms with van der Waals surface area (Å²) in [4.78, 5) is 16.0. The highest BCUT2D eigenvalue weighted by atomic mass is 19.4. The molecular formula is C23H18F4N2O2. The predicted octanol–water partition coefficient (Wildman–Crippen LogP) is 4.82. The first-order valence-electron chi connectivity index (χ1n) is 9.58. The number of aliphatic hydroxyl groups is 1. The average molecular weight is 430 g/mol. The van der Waals surface area contributed by atoms with Crippen LogP contribution in [0.3, 0.4) is 0 Å². The summed E-state index contributed by atoms with van der Waals surface area (Å²) in [7, 11) is 0. The highest BCUT2D eigenvalue weighted by Gasteiger charge is 2.45. The molecule has 1 saturated carbocycles. The molecule has 1 heterocycles. The maximum atomic E-state index is 13.1. The number of benzene rings is 2. The Morgan fingerprint density at radius 2 is 1.71 bits per heavy atom. The number of carbonyl (C=O) groups excluding carboxylic acids is 1. The highest BCUT2D eigenvalue weighted by Crippen LogP contribution is 2.46. The molecule has 0 radical (unpaired) electrons. The van der Waals surface area contributed by atoms with Gasteiger partial charge in [-0.1, -0.05) is 24.3 Å². The van der Waals surface area contributed by atoms with Gasteiger partial charge in [-0.15, -0.1) is 0 Å². The third kappa shape index (κ3) is 4.29. The van der Waals surface area contributed by atoms with Crippen molar-refractivity contribution in [3.63, 3.8) is 0 Å². The van der Waals surface area contributed by atoms with Gasteiger partial charge in [0.05, 0.1) is 12.1 Å². The van der Waals surface area contributed by atoms with Gasteiger partial charge in [-0.2, -0.15) is 13.2 Å². The molecule has 1 amide bonds. The second-order valence-corrected chi connectivity index (χ2v) is 7.50. The van der Waals surface area contributed by atoms with Gasteiger partial charge in [0.25, 0.3) is 5.91 Å². The van der Waals surface area contributed by atoms with Gasteiger partial charge < -0.3 is 10.4 Å². The van der Waals surface area contributed by atoms with Crippen LogP contribution in [-0.2, 0) is 18.3 Å². The van der Waals surface area contributed by atoms with E-state index in [1.165, 1.54) is 24.3 Å². The first-order valence-corrected chi connectivity index (χ1v) is 9.58. The van der Waals surface area contributed by atoms with Gasteiger partial charge >= 0.3 is 6.18 Å². The molecule has 0 spiro atoms. The number of aliphatic hydroxyl groups excluding tert-OH is 1. The van der Waals surface area contributed by atoms with Gasteiger partial charge in [-0.05, 0) is 59.9 Å². The van der Waals surface area contributed by atoms with E-state index < -0.39 is 29.8 Å². The number of aromatic nitrogens is 1. The molecule has 3 aromatic rings. The van der Waals surface area contributed by atoms with E-state index in [-0.39, 0.29) is 11.5 Å². The maximum absolute atomic E-state index is 13.1. The number of alkyl halides is 3. The minimum atomic E-state index is -4.59. The van der Waals surface area contributed by atoms with E-state index in [1.54, 1.807) is 24.3 Å². The third-order valence-electron chi connectivity index (χ3n) is 5.41. The zero-order valence-electron chi connectivity index (χ0n) is 16.2. The third-order valence-corrected chi connectivity index (χ3v) is 5.41. The number of hydrogen-bond acceptors (Lipinski definition) is 3. The van der Waals surface area contributed by atoms with Gasteiger partial charge in [-0.25, -0.2) is 4.39 Å². The van der Waals surface area contributed by atoms with Crippen molar-refractivity contribution in [3.8, 4) is 11.1 Å². The highest BCUT2D eigenvalue weighted by molar-refractivity contribution is 5.95. The van der Waals surface area contributed by atoms with Crippen LogP contribution in [-0.4, -0.2) is 16.0 Å². The number of halogens is 4. The van der Waals surface area contributed by atoms with Crippen LogP contribution in [0.5, 0.6) is 0 Å². The van der Waals surface area contributed by atoms with E-state index in [0.29, 0.717) is 16.7 Å². The van der Waals surface area contributed by atoms with Crippen LogP contribution >= 0.6 is 0 Å². The number of nitrogens with one attached hydrogen (secondary N) is 1. The van der Waals surface area contributed by atoms with Gasteiger partial charge in [-0.3, -0.25) is 9.78 Å². The summed E-state index contributed by atoms with van der Waals surface area (Å²) in [6, 6.07) is 13.2. The first kappa shape index (κ1) is 21.0. The van der Waals surface area contributed by atoms with E-state index in [0.717, 1.165) is 30.7 Å². The van der Waals surface area contributed by atoms with Crippen LogP contribution in [0.15, 0.2) is 60.8 Å². The monoisotopic (exact) mass is 430 g/mol. The molecule has 0 saturated heterocycles. The average Bonchev–Trinajstić information content (AvgIpc) is 3.53. The predicted molar refractivity (Wildman–Crippen MR) is 105 cm³/mol. The van der Waals surface area contributed by atoms with Crippen molar-refractivity contribution >= 4 is 5.91 Å². The summed E-state index contributed by atoms with van der Waals surface area (Å²) in [6.07, 6.45) is -2.01. The van der Waals surface area contributed by atoms with Crippen molar-refractivity contribution < 1.29 is 27.5 Å². The van der Waals surface area contributed by atoms with Crippen molar-refractivity contribution in [2.45, 2.75) is 31.2 Å². The van der Waals surface area contributed by atoms with Crippen molar-refractivity contribution in [1.82, 2.24) is 10.3 Å². The molecule has 2 aromatic carbocycles. The Morgan fingerprint density at radius 3 is 2.26 bits per heavy atom. The summed E-state index contributed by atoms with van der Waals surface area (Å²) in [5.74, 6) is -0.732. The summed E-state index contributed by atoms with van der Waals surface area (Å²) < 4.78 is 51.7. The van der Waals surface area contributed by atoms with Crippen LogP contribution in [0.25, 0.3) is 11.1 Å². The van der Waals surface area contributed by atoms with Gasteiger partial charge in [0.2, 0.25) is 0 Å². The Kier molecular flexibility index (Phi) is 5.26. The minimum absolute atomic E-state index is 0.126. The molecule has 1 aromatic heterocycles. The molecule has 0 unspecified atom stereocenters. The standard InChI is InChI=1S/C23H18F4N2O2/c24-18-7-3-15(4-8-18)21(31)29-22(9-10-22)17-5-1-14(2-6-17)19-12-28-20(23(25,26)27)11-16(19)13-30/h1-8,11-12,30H,9-10,13H2,(H,29,31). The van der Waals surface area contributed by atoms with Crippen molar-refractivity contribution in [2.24, 2.45) is 0 Å². The van der Waals surface area contributed by atoms with E-state index in [9.17, 15) is 27.5 Å². The lowest BCUT2D eigenvalue weighted by Gasteiger charge is -2.19. The van der Waals surface area contributed by atoms with Gasteiger partial charge in [0.1, 0.15) is 11.5 Å². The van der Waals surface area contributed by atoms with E-state index >= 15 is 0 Å². The summed E-state index contributed by atoms with van der Waals surface area (Å²) in [6.45, 7) is -0.555. The molecule has 0 bridgehead atoms. The second kappa shape index (κ2) is 7.77. The second-order valence-electron chi connectivity index (χ2n) is 7.50. The fourth-order valence-corrected chi connectivity index (χ4v) is 3.51. The summed E-state index contributed by atoms with van der Waals surface area (Å²) in [5, 5.41) is 12.5. The first-order chi connectivity index (χ1) is 14.7. The molecule has 1 aliphatic carbocycles. The smallest absolute Gasteiger partial charge is 0.392 e. The quantitative estimate of drug-likeness (QED) is 0.571. The normalized spacial score (nSPS) is 14.9. The fraction of sp³-hybridized carbons (Fsp3) is 0.217. The van der Waals surface area contributed by atoms with Crippen LogP contribution in [0.1, 0.15) is 40.0 Å². The molecule has 4 rings (SSSR count). The van der Waals surface area contributed by atoms with Crippen LogP contribution in [0, 0.1) is 5.82 Å². The molecule has 4 nitrogen and oxygen atoms in total. The molecule has 1 aliphatic rings. The van der Waals surface area contributed by atoms with Gasteiger partial charge in [0.15, 0.2) is 0 Å². The molecule has 0 atom stereocenters. The van der Waals surface area contributed by atoms with Crippen molar-refractivity contribution in [1.29, 1.82) is 0 Å². The molecule has 160 valence electrons. The Morgan fingerprint density at radius 1 is 1.06 bits per heavy atom. The summed E-state index contributed by atoms with van der Waals surface area (Å²) >= 11 is 0. The van der Waals surface area contributed by atoms with E-state index in [4.69, 9.17) is 0 Å². The maximum Gasteiger partial charge on any atom is 0.433 e. The Labute approximate surface area is 175 Å². The number of pyridine rings is 1. The zero-order valence-corrected chi connectivity index (χ0v) is 16.2. The van der Waals surface area contributed by atoms with Crippen LogP contribution in [0.2, 0.25) is 0 Å². The minimum Gasteiger partial charge on any atom is -0.392 e. The molecular weight excluding hydrogens is 412 g/mol. The van der Waals surface area contributed by atoms with Crippen molar-refractivity contribution in [3.05, 3.63) is 89.0 Å². The van der Waals surface area contributed by atoms with Crippen LogP contribution < -0.4 is 5.32 Å². The van der Waals surface area contributed by atoms with Crippen LogP contribution in [0.4, 0.5) is 17.6 Å². The number of rotatable bonds is 5. The fourth-order valence-electron chi connectivity index (χ4n) is 3.51. The lowest BCUT2D eigenvalue weighted by molar-refractivity contribution is -0.141. The molecule has 31 heavy (non-hydrogen) atoms. The Bertz CT molecular complexity index is 1110. The molecule has 1 fully saturated rings.